The fourth-order valence-electron chi connectivity index (χ4n) is 2.15. The van der Waals surface area contributed by atoms with E-state index in [0.29, 0.717) is 11.8 Å². The van der Waals surface area contributed by atoms with Gasteiger partial charge in [0.2, 0.25) is 5.91 Å². The van der Waals surface area contributed by atoms with Gasteiger partial charge in [0.15, 0.2) is 0 Å². The highest BCUT2D eigenvalue weighted by Gasteiger charge is 2.42. The first-order valence-electron chi connectivity index (χ1n) is 5.31. The molecule has 1 amide bonds. The van der Waals surface area contributed by atoms with Crippen molar-refractivity contribution in [1.82, 2.24) is 4.90 Å². The molecule has 2 rings (SSSR count). The van der Waals surface area contributed by atoms with Crippen LogP contribution in [0.2, 0.25) is 0 Å². The largest absolute Gasteiger partial charge is 0.337 e. The quantitative estimate of drug-likeness (QED) is 0.638. The van der Waals surface area contributed by atoms with Crippen LogP contribution in [0.1, 0.15) is 40.0 Å². The lowest BCUT2D eigenvalue weighted by Crippen LogP contribution is -2.58. The van der Waals surface area contributed by atoms with E-state index in [2.05, 4.69) is 20.8 Å². The number of carbonyl (C=O) groups excluding carboxylic acids is 1. The van der Waals surface area contributed by atoms with E-state index in [9.17, 15) is 4.79 Å². The van der Waals surface area contributed by atoms with Crippen molar-refractivity contribution in [3.8, 4) is 0 Å². The molecule has 2 aliphatic rings. The van der Waals surface area contributed by atoms with Gasteiger partial charge in [-0.3, -0.25) is 4.79 Å². The fraction of sp³-hybridized carbons (Fsp3) is 0.909. The zero-order valence-electron chi connectivity index (χ0n) is 8.84. The molecule has 13 heavy (non-hydrogen) atoms. The summed E-state index contributed by atoms with van der Waals surface area (Å²) in [6.07, 6.45) is 3.23. The first-order valence-corrected chi connectivity index (χ1v) is 5.31. The van der Waals surface area contributed by atoms with Crippen molar-refractivity contribution in [3.05, 3.63) is 0 Å². The summed E-state index contributed by atoms with van der Waals surface area (Å²) in [6.45, 7) is 7.53. The van der Waals surface area contributed by atoms with Crippen molar-refractivity contribution in [1.29, 1.82) is 0 Å². The highest BCUT2D eigenvalue weighted by Crippen LogP contribution is 2.42. The second kappa shape index (κ2) is 2.73. The molecule has 2 heteroatoms. The number of amides is 1. The number of hydrogen-bond donors (Lipinski definition) is 0. The topological polar surface area (TPSA) is 20.3 Å². The minimum atomic E-state index is 0.148. The summed E-state index contributed by atoms with van der Waals surface area (Å²) in [5, 5.41) is 0. The van der Waals surface area contributed by atoms with Gasteiger partial charge in [0, 0.05) is 18.5 Å². The summed E-state index contributed by atoms with van der Waals surface area (Å²) in [4.78, 5) is 13.8. The van der Waals surface area contributed by atoms with Crippen LogP contribution in [-0.2, 0) is 4.79 Å². The Bertz CT molecular complexity index is 234. The van der Waals surface area contributed by atoms with Crippen molar-refractivity contribution in [3.63, 3.8) is 0 Å². The van der Waals surface area contributed by atoms with Gasteiger partial charge in [-0.25, -0.2) is 0 Å². The number of likely N-dealkylation sites (tertiary alicyclic amines) is 1. The van der Waals surface area contributed by atoms with Crippen LogP contribution in [0.25, 0.3) is 0 Å². The molecular weight excluding hydrogens is 162 g/mol. The van der Waals surface area contributed by atoms with Crippen LogP contribution in [0.15, 0.2) is 0 Å². The molecule has 1 aliphatic heterocycles. The minimum absolute atomic E-state index is 0.148. The Morgan fingerprint density at radius 2 is 2.15 bits per heavy atom. The molecule has 0 aromatic carbocycles. The number of nitrogens with zero attached hydrogens (tertiary/aromatic N) is 1. The van der Waals surface area contributed by atoms with Crippen molar-refractivity contribution in [2.24, 2.45) is 11.8 Å². The molecule has 1 heterocycles. The van der Waals surface area contributed by atoms with E-state index in [-0.39, 0.29) is 5.54 Å². The summed E-state index contributed by atoms with van der Waals surface area (Å²) in [7, 11) is 0. The van der Waals surface area contributed by atoms with E-state index >= 15 is 0 Å². The highest BCUT2D eigenvalue weighted by molar-refractivity contribution is 5.78. The Morgan fingerprint density at radius 1 is 1.54 bits per heavy atom. The Hall–Kier alpha value is -0.530. The molecule has 2 atom stereocenters. The molecule has 0 N–H and O–H groups in total. The van der Waals surface area contributed by atoms with E-state index in [0.717, 1.165) is 18.9 Å². The van der Waals surface area contributed by atoms with Gasteiger partial charge in [-0.2, -0.15) is 0 Å². The molecule has 0 aromatic rings. The number of hydrogen-bond acceptors (Lipinski definition) is 1. The maximum atomic E-state index is 11.8. The van der Waals surface area contributed by atoms with Crippen molar-refractivity contribution < 1.29 is 4.79 Å². The number of carbonyl (C=O) groups is 1. The third kappa shape index (κ3) is 1.59. The summed E-state index contributed by atoms with van der Waals surface area (Å²) < 4.78 is 0. The van der Waals surface area contributed by atoms with Crippen LogP contribution >= 0.6 is 0 Å². The number of rotatable bonds is 2. The molecular formula is C11H19NO. The maximum Gasteiger partial charge on any atom is 0.223 e. The van der Waals surface area contributed by atoms with Gasteiger partial charge in [-0.1, -0.05) is 6.92 Å². The molecule has 0 aromatic heterocycles. The van der Waals surface area contributed by atoms with E-state index < -0.39 is 0 Å². The summed E-state index contributed by atoms with van der Waals surface area (Å²) in [5.74, 6) is 1.88. The second-order valence-corrected chi connectivity index (χ2v) is 5.29. The molecule has 74 valence electrons. The first kappa shape index (κ1) is 9.04. The molecule has 2 nitrogen and oxygen atoms in total. The Balaban J connectivity index is 1.84. The minimum Gasteiger partial charge on any atom is -0.337 e. The van der Waals surface area contributed by atoms with Crippen LogP contribution in [-0.4, -0.2) is 22.9 Å². The normalized spacial score (nSPS) is 35.5. The lowest BCUT2D eigenvalue weighted by molar-refractivity contribution is -0.145. The van der Waals surface area contributed by atoms with Crippen LogP contribution in [0, 0.1) is 11.8 Å². The van der Waals surface area contributed by atoms with Gasteiger partial charge in [-0.15, -0.1) is 0 Å². The maximum absolute atomic E-state index is 11.8. The molecule has 0 radical (unpaired) electrons. The third-order valence-electron chi connectivity index (χ3n) is 3.69. The Kier molecular flexibility index (Phi) is 1.90. The average Bonchev–Trinajstić information content (AvgIpc) is 2.64. The molecule has 1 saturated carbocycles. The van der Waals surface area contributed by atoms with E-state index in [4.69, 9.17) is 0 Å². The molecule has 0 bridgehead atoms. The predicted octanol–water partition coefficient (Wildman–Crippen LogP) is 2.04. The predicted molar refractivity (Wildman–Crippen MR) is 52.3 cm³/mol. The van der Waals surface area contributed by atoms with Gasteiger partial charge in [0.25, 0.3) is 0 Å². The van der Waals surface area contributed by atoms with E-state index in [1.807, 2.05) is 4.90 Å². The molecule has 0 spiro atoms. The molecule has 1 aliphatic carbocycles. The molecule has 2 fully saturated rings. The molecule has 1 saturated heterocycles. The first-order chi connectivity index (χ1) is 6.00. The second-order valence-electron chi connectivity index (χ2n) is 5.29. The summed E-state index contributed by atoms with van der Waals surface area (Å²) in [5.41, 5.74) is 0.148. The standard InChI is InChI=1S/C11H19NO/c1-8-6-9(8)7-10(13)12-5-4-11(12,2)3/h8-9H,4-7H2,1-3H3. The van der Waals surface area contributed by atoms with Crippen LogP contribution in [0.5, 0.6) is 0 Å². The van der Waals surface area contributed by atoms with Gasteiger partial charge < -0.3 is 4.90 Å². The SMILES string of the molecule is CC1CC1CC(=O)N1CCC1(C)C. The third-order valence-corrected chi connectivity index (χ3v) is 3.69. The van der Waals surface area contributed by atoms with Crippen LogP contribution in [0.3, 0.4) is 0 Å². The van der Waals surface area contributed by atoms with Crippen LogP contribution in [0.4, 0.5) is 0 Å². The van der Waals surface area contributed by atoms with Crippen LogP contribution < -0.4 is 0 Å². The monoisotopic (exact) mass is 181 g/mol. The van der Waals surface area contributed by atoms with Gasteiger partial charge in [0.1, 0.15) is 0 Å². The van der Waals surface area contributed by atoms with Gasteiger partial charge in [-0.05, 0) is 38.5 Å². The van der Waals surface area contributed by atoms with Crippen molar-refractivity contribution in [2.45, 2.75) is 45.6 Å². The smallest absolute Gasteiger partial charge is 0.223 e. The lowest BCUT2D eigenvalue weighted by atomic mass is 9.88. The Labute approximate surface area is 80.3 Å². The highest BCUT2D eigenvalue weighted by atomic mass is 16.2. The zero-order chi connectivity index (χ0) is 9.64. The van der Waals surface area contributed by atoms with E-state index in [1.54, 1.807) is 0 Å². The summed E-state index contributed by atoms with van der Waals surface area (Å²) in [6, 6.07) is 0. The average molecular weight is 181 g/mol. The van der Waals surface area contributed by atoms with E-state index in [1.165, 1.54) is 12.8 Å². The zero-order valence-corrected chi connectivity index (χ0v) is 8.84. The van der Waals surface area contributed by atoms with Gasteiger partial charge >= 0.3 is 0 Å². The van der Waals surface area contributed by atoms with Crippen molar-refractivity contribution in [2.75, 3.05) is 6.54 Å². The molecule has 2 unspecified atom stereocenters. The van der Waals surface area contributed by atoms with Gasteiger partial charge in [0.05, 0.1) is 0 Å². The summed E-state index contributed by atoms with van der Waals surface area (Å²) >= 11 is 0. The lowest BCUT2D eigenvalue weighted by Gasteiger charge is -2.48. The fourth-order valence-corrected chi connectivity index (χ4v) is 2.15. The Morgan fingerprint density at radius 3 is 2.46 bits per heavy atom. The van der Waals surface area contributed by atoms with Crippen molar-refractivity contribution >= 4 is 5.91 Å².